The standard InChI is InChI=1S/C16H18ClNO3S2/c1-12-15(17)3-2-4-16(12)23(19,20)18-8-5-13(6-9-18)21-14-7-10-22-11-14/h2-4,7,10-11,13H,5-6,8-9H2,1H3. The summed E-state index contributed by atoms with van der Waals surface area (Å²) in [6.45, 7) is 2.66. The van der Waals surface area contributed by atoms with E-state index in [9.17, 15) is 8.42 Å². The van der Waals surface area contributed by atoms with Crippen molar-refractivity contribution in [1.29, 1.82) is 0 Å². The highest BCUT2D eigenvalue weighted by Gasteiger charge is 2.31. The van der Waals surface area contributed by atoms with Gasteiger partial charge in [-0.25, -0.2) is 8.42 Å². The molecule has 0 atom stereocenters. The van der Waals surface area contributed by atoms with Crippen LogP contribution in [0.1, 0.15) is 18.4 Å². The topological polar surface area (TPSA) is 46.6 Å². The molecular weight excluding hydrogens is 354 g/mol. The first-order valence-corrected chi connectivity index (χ1v) is 10.2. The average Bonchev–Trinajstić information content (AvgIpc) is 3.03. The molecule has 2 aromatic rings. The molecule has 0 amide bonds. The zero-order chi connectivity index (χ0) is 16.4. The SMILES string of the molecule is Cc1c(Cl)cccc1S(=O)(=O)N1CCC(Oc2ccsc2)CC1. The Labute approximate surface area is 145 Å². The van der Waals surface area contributed by atoms with E-state index in [0.29, 0.717) is 41.4 Å². The number of nitrogens with zero attached hydrogens (tertiary/aromatic N) is 1. The molecule has 2 heterocycles. The van der Waals surface area contributed by atoms with Gasteiger partial charge in [-0.05, 0) is 48.9 Å². The number of hydrogen-bond acceptors (Lipinski definition) is 4. The van der Waals surface area contributed by atoms with Crippen LogP contribution < -0.4 is 4.74 Å². The Morgan fingerprint density at radius 2 is 2.00 bits per heavy atom. The van der Waals surface area contributed by atoms with Crippen molar-refractivity contribution in [2.24, 2.45) is 0 Å². The Bertz CT molecular complexity index is 767. The van der Waals surface area contributed by atoms with E-state index in [1.807, 2.05) is 16.8 Å². The van der Waals surface area contributed by atoms with Crippen LogP contribution in [0.4, 0.5) is 0 Å². The zero-order valence-electron chi connectivity index (χ0n) is 12.7. The number of thiophene rings is 1. The highest BCUT2D eigenvalue weighted by atomic mass is 35.5. The molecule has 0 unspecified atom stereocenters. The molecule has 0 radical (unpaired) electrons. The van der Waals surface area contributed by atoms with Gasteiger partial charge in [-0.15, -0.1) is 11.3 Å². The van der Waals surface area contributed by atoms with Crippen molar-refractivity contribution in [1.82, 2.24) is 4.31 Å². The molecule has 3 rings (SSSR count). The second-order valence-electron chi connectivity index (χ2n) is 5.54. The smallest absolute Gasteiger partial charge is 0.243 e. The lowest BCUT2D eigenvalue weighted by atomic mass is 10.1. The minimum absolute atomic E-state index is 0.0662. The summed E-state index contributed by atoms with van der Waals surface area (Å²) in [5.41, 5.74) is 0.603. The average molecular weight is 372 g/mol. The van der Waals surface area contributed by atoms with E-state index >= 15 is 0 Å². The summed E-state index contributed by atoms with van der Waals surface area (Å²) >= 11 is 7.65. The molecule has 1 fully saturated rings. The van der Waals surface area contributed by atoms with E-state index in [-0.39, 0.29) is 6.10 Å². The molecule has 23 heavy (non-hydrogen) atoms. The highest BCUT2D eigenvalue weighted by Crippen LogP contribution is 2.28. The summed E-state index contributed by atoms with van der Waals surface area (Å²) in [4.78, 5) is 0.294. The van der Waals surface area contributed by atoms with Gasteiger partial charge in [0.15, 0.2) is 0 Å². The van der Waals surface area contributed by atoms with E-state index in [4.69, 9.17) is 16.3 Å². The Morgan fingerprint density at radius 3 is 2.65 bits per heavy atom. The summed E-state index contributed by atoms with van der Waals surface area (Å²) in [5, 5.41) is 4.40. The van der Waals surface area contributed by atoms with E-state index in [0.717, 1.165) is 5.75 Å². The predicted octanol–water partition coefficient (Wildman–Crippen LogP) is 3.94. The second kappa shape index (κ2) is 6.81. The van der Waals surface area contributed by atoms with Crippen molar-refractivity contribution in [2.75, 3.05) is 13.1 Å². The van der Waals surface area contributed by atoms with E-state index in [2.05, 4.69) is 0 Å². The lowest BCUT2D eigenvalue weighted by Crippen LogP contribution is -2.41. The van der Waals surface area contributed by atoms with Crippen molar-refractivity contribution < 1.29 is 13.2 Å². The first-order chi connectivity index (χ1) is 11.0. The molecule has 0 bridgehead atoms. The number of benzene rings is 1. The summed E-state index contributed by atoms with van der Waals surface area (Å²) in [6, 6.07) is 6.93. The van der Waals surface area contributed by atoms with Crippen LogP contribution in [0.15, 0.2) is 39.9 Å². The summed E-state index contributed by atoms with van der Waals surface area (Å²) < 4.78 is 33.0. The number of sulfonamides is 1. The van der Waals surface area contributed by atoms with E-state index < -0.39 is 10.0 Å². The van der Waals surface area contributed by atoms with Crippen molar-refractivity contribution in [3.8, 4) is 5.75 Å². The largest absolute Gasteiger partial charge is 0.489 e. The third-order valence-corrected chi connectivity index (χ3v) is 7.15. The lowest BCUT2D eigenvalue weighted by molar-refractivity contribution is 0.135. The quantitative estimate of drug-likeness (QED) is 0.817. The number of hydrogen-bond donors (Lipinski definition) is 0. The fourth-order valence-electron chi connectivity index (χ4n) is 2.71. The monoisotopic (exact) mass is 371 g/mol. The number of halogens is 1. The molecule has 1 aliphatic rings. The molecule has 4 nitrogen and oxygen atoms in total. The van der Waals surface area contributed by atoms with Crippen LogP contribution in [0.25, 0.3) is 0 Å². The predicted molar refractivity (Wildman–Crippen MR) is 92.9 cm³/mol. The molecule has 124 valence electrons. The third kappa shape index (κ3) is 3.55. The number of piperidine rings is 1. The molecular formula is C16H18ClNO3S2. The van der Waals surface area contributed by atoms with E-state index in [1.54, 1.807) is 36.5 Å². The first-order valence-electron chi connectivity index (χ1n) is 7.42. The van der Waals surface area contributed by atoms with Crippen molar-refractivity contribution in [3.05, 3.63) is 45.6 Å². The molecule has 1 aromatic heterocycles. The Hall–Kier alpha value is -1.08. The van der Waals surface area contributed by atoms with Crippen LogP contribution >= 0.6 is 22.9 Å². The molecule has 0 spiro atoms. The van der Waals surface area contributed by atoms with Gasteiger partial charge < -0.3 is 4.74 Å². The molecule has 0 N–H and O–H groups in total. The van der Waals surface area contributed by atoms with Gasteiger partial charge in [-0.1, -0.05) is 17.7 Å². The lowest BCUT2D eigenvalue weighted by Gasteiger charge is -2.31. The fraction of sp³-hybridized carbons (Fsp3) is 0.375. The molecule has 7 heteroatoms. The first kappa shape index (κ1) is 16.8. The van der Waals surface area contributed by atoms with Crippen LogP contribution in [-0.4, -0.2) is 31.9 Å². The van der Waals surface area contributed by atoms with Crippen molar-refractivity contribution in [3.63, 3.8) is 0 Å². The molecule has 1 aliphatic heterocycles. The van der Waals surface area contributed by atoms with Crippen LogP contribution in [-0.2, 0) is 10.0 Å². The summed E-state index contributed by atoms with van der Waals surface area (Å²) in [6.07, 6.45) is 1.44. The van der Waals surface area contributed by atoms with Gasteiger partial charge in [-0.3, -0.25) is 0 Å². The van der Waals surface area contributed by atoms with Crippen molar-refractivity contribution in [2.45, 2.75) is 30.8 Å². The van der Waals surface area contributed by atoms with Crippen LogP contribution in [0.5, 0.6) is 5.75 Å². The Balaban J connectivity index is 1.70. The fourth-order valence-corrected chi connectivity index (χ4v) is 5.22. The minimum Gasteiger partial charge on any atom is -0.489 e. The van der Waals surface area contributed by atoms with Gasteiger partial charge in [0.2, 0.25) is 10.0 Å². The maximum atomic E-state index is 12.8. The van der Waals surface area contributed by atoms with Gasteiger partial charge in [0.25, 0.3) is 0 Å². The van der Waals surface area contributed by atoms with Gasteiger partial charge >= 0.3 is 0 Å². The molecule has 1 aromatic carbocycles. The van der Waals surface area contributed by atoms with Crippen LogP contribution in [0, 0.1) is 6.92 Å². The van der Waals surface area contributed by atoms with Crippen LogP contribution in [0.2, 0.25) is 5.02 Å². The Morgan fingerprint density at radius 1 is 1.26 bits per heavy atom. The highest BCUT2D eigenvalue weighted by molar-refractivity contribution is 7.89. The zero-order valence-corrected chi connectivity index (χ0v) is 15.1. The molecule has 0 aliphatic carbocycles. The maximum Gasteiger partial charge on any atom is 0.243 e. The van der Waals surface area contributed by atoms with Gasteiger partial charge in [-0.2, -0.15) is 4.31 Å². The van der Waals surface area contributed by atoms with Crippen LogP contribution in [0.3, 0.4) is 0 Å². The van der Waals surface area contributed by atoms with Gasteiger partial charge in [0, 0.05) is 23.5 Å². The second-order valence-corrected chi connectivity index (χ2v) is 8.64. The van der Waals surface area contributed by atoms with Gasteiger partial charge in [0.05, 0.1) is 4.90 Å². The number of rotatable bonds is 4. The minimum atomic E-state index is -3.51. The molecule has 0 saturated carbocycles. The van der Waals surface area contributed by atoms with E-state index in [1.165, 1.54) is 4.31 Å². The normalized spacial score (nSPS) is 17.3. The van der Waals surface area contributed by atoms with Crippen molar-refractivity contribution >= 4 is 33.0 Å². The molecule has 1 saturated heterocycles. The third-order valence-electron chi connectivity index (χ3n) is 4.03. The Kier molecular flexibility index (Phi) is 4.96. The maximum absolute atomic E-state index is 12.8. The summed E-state index contributed by atoms with van der Waals surface area (Å²) in [7, 11) is -3.51. The van der Waals surface area contributed by atoms with Gasteiger partial charge in [0.1, 0.15) is 11.9 Å². The number of ether oxygens (including phenoxy) is 1. The summed E-state index contributed by atoms with van der Waals surface area (Å²) in [5.74, 6) is 0.863.